The van der Waals surface area contributed by atoms with Gasteiger partial charge in [-0.3, -0.25) is 23.3 Å². The molecule has 18 nitrogen and oxygen atoms in total. The van der Waals surface area contributed by atoms with Crippen LogP contribution in [-0.4, -0.2) is 56.5 Å². The molecule has 4 aromatic rings. The van der Waals surface area contributed by atoms with Gasteiger partial charge in [0.25, 0.3) is 31.7 Å². The van der Waals surface area contributed by atoms with Crippen molar-refractivity contribution in [1.82, 2.24) is 19.5 Å². The SMILES string of the molecule is CCn1c(O)c(/N=N/c2cc(Nc3nc(F)nc(Nc4cc(S(=O)(=O)O)ccc4Cl)n3)ccc2S(=O)(=O)O)c(C)c(C(N)=O)c1=O. The van der Waals surface area contributed by atoms with E-state index in [1.165, 1.54) is 13.8 Å². The number of aromatic nitrogens is 4. The topological polar surface area (TPSA) is 282 Å². The monoisotopic (exact) mass is 697 g/mol. The fourth-order valence-electron chi connectivity index (χ4n) is 3.98. The molecule has 1 amide bonds. The number of benzene rings is 2. The second-order valence-electron chi connectivity index (χ2n) is 9.06. The highest BCUT2D eigenvalue weighted by molar-refractivity contribution is 7.86. The number of carbonyl (C=O) groups is 1. The Labute approximate surface area is 263 Å². The molecule has 22 heteroatoms. The number of rotatable bonds is 10. The molecule has 0 radical (unpaired) electrons. The van der Waals surface area contributed by atoms with Crippen LogP contribution in [0.3, 0.4) is 0 Å². The summed E-state index contributed by atoms with van der Waals surface area (Å²) in [5.41, 5.74) is 2.69. The molecular weight excluding hydrogens is 677 g/mol. The molecule has 0 bridgehead atoms. The maximum absolute atomic E-state index is 14.3. The number of nitrogens with one attached hydrogen (secondary N) is 2. The molecule has 242 valence electrons. The van der Waals surface area contributed by atoms with Gasteiger partial charge in [-0.2, -0.15) is 36.2 Å². The van der Waals surface area contributed by atoms with E-state index in [0.29, 0.717) is 0 Å². The van der Waals surface area contributed by atoms with Crippen molar-refractivity contribution < 1.29 is 40.2 Å². The van der Waals surface area contributed by atoms with E-state index in [1.54, 1.807) is 0 Å². The van der Waals surface area contributed by atoms with Gasteiger partial charge in [-0.1, -0.05) is 11.6 Å². The quantitative estimate of drug-likeness (QED) is 0.102. The number of halogens is 2. The molecule has 0 saturated carbocycles. The standard InChI is InChI=1S/C24H21ClFN9O9S2/c1-3-35-20(37)17(19(27)36)10(2)18(21(35)38)34-33-15-8-11(4-7-16(15)46(42,43)44)28-23-30-22(26)31-24(32-23)29-14-9-12(45(39,40)41)5-6-13(14)25/h4-9,38H,3H2,1-2H3,(H2,27,36)(H,39,40,41)(H,42,43,44)(H2,28,29,30,31,32)/b34-33+. The maximum atomic E-state index is 14.3. The van der Waals surface area contributed by atoms with Gasteiger partial charge in [-0.25, -0.2) is 0 Å². The third-order valence-electron chi connectivity index (χ3n) is 6.06. The number of carbonyl (C=O) groups excluding carboxylic acids is 1. The van der Waals surface area contributed by atoms with Crippen molar-refractivity contribution >= 4 is 72.4 Å². The van der Waals surface area contributed by atoms with Gasteiger partial charge in [0.1, 0.15) is 21.8 Å². The molecule has 0 aliphatic carbocycles. The van der Waals surface area contributed by atoms with Gasteiger partial charge in [-0.15, -0.1) is 10.2 Å². The number of anilines is 4. The Hall–Kier alpha value is -5.09. The van der Waals surface area contributed by atoms with Crippen molar-refractivity contribution in [2.75, 3.05) is 10.6 Å². The third-order valence-corrected chi connectivity index (χ3v) is 8.14. The highest BCUT2D eigenvalue weighted by Crippen LogP contribution is 2.35. The zero-order chi connectivity index (χ0) is 34.1. The van der Waals surface area contributed by atoms with Crippen molar-refractivity contribution in [3.8, 4) is 5.88 Å². The van der Waals surface area contributed by atoms with E-state index in [4.69, 9.17) is 17.3 Å². The molecule has 46 heavy (non-hydrogen) atoms. The van der Waals surface area contributed by atoms with E-state index in [0.717, 1.165) is 41.0 Å². The summed E-state index contributed by atoms with van der Waals surface area (Å²) in [6, 6.07) is 6.14. The van der Waals surface area contributed by atoms with Crippen LogP contribution in [0.5, 0.6) is 5.88 Å². The van der Waals surface area contributed by atoms with Crippen LogP contribution in [0.15, 0.2) is 61.2 Å². The summed E-state index contributed by atoms with van der Waals surface area (Å²) in [5.74, 6) is -2.75. The Kier molecular flexibility index (Phi) is 9.35. The fourth-order valence-corrected chi connectivity index (χ4v) is 5.25. The summed E-state index contributed by atoms with van der Waals surface area (Å²) in [7, 11) is -9.53. The lowest BCUT2D eigenvalue weighted by molar-refractivity contribution is 0.0997. The van der Waals surface area contributed by atoms with Crippen LogP contribution in [0.2, 0.25) is 5.02 Å². The first-order valence-corrected chi connectivity index (χ1v) is 15.7. The van der Waals surface area contributed by atoms with Crippen molar-refractivity contribution in [2.24, 2.45) is 16.0 Å². The van der Waals surface area contributed by atoms with Crippen LogP contribution in [-0.2, 0) is 26.8 Å². The molecule has 0 aliphatic rings. The molecule has 0 saturated heterocycles. The molecule has 4 rings (SSSR count). The number of azo groups is 1. The minimum absolute atomic E-state index is 0.0402. The summed E-state index contributed by atoms with van der Waals surface area (Å²) in [5, 5.41) is 23.2. The number of nitrogens with two attached hydrogens (primary N) is 1. The summed E-state index contributed by atoms with van der Waals surface area (Å²) in [6.45, 7) is 2.65. The largest absolute Gasteiger partial charge is 0.493 e. The predicted octanol–water partition coefficient (Wildman–Crippen LogP) is 3.35. The van der Waals surface area contributed by atoms with Crippen molar-refractivity contribution in [2.45, 2.75) is 30.2 Å². The molecule has 2 heterocycles. The van der Waals surface area contributed by atoms with Gasteiger partial charge >= 0.3 is 6.08 Å². The minimum atomic E-state index is -4.91. The number of amides is 1. The fraction of sp³-hybridized carbons (Fsp3) is 0.125. The average Bonchev–Trinajstić information content (AvgIpc) is 2.92. The van der Waals surface area contributed by atoms with E-state index >= 15 is 0 Å². The lowest BCUT2D eigenvalue weighted by Crippen LogP contribution is -2.30. The number of primary amides is 1. The first kappa shape index (κ1) is 33.8. The molecular formula is C24H21ClFN9O9S2. The Balaban J connectivity index is 1.75. The van der Waals surface area contributed by atoms with Crippen molar-refractivity contribution in [3.05, 3.63) is 69.0 Å². The van der Waals surface area contributed by atoms with Gasteiger partial charge in [-0.05, 0) is 50.2 Å². The summed E-state index contributed by atoms with van der Waals surface area (Å²) in [4.78, 5) is 34.1. The number of hydrogen-bond acceptors (Lipinski definition) is 14. The van der Waals surface area contributed by atoms with Crippen LogP contribution < -0.4 is 21.9 Å². The zero-order valence-electron chi connectivity index (χ0n) is 23.3. The first-order valence-electron chi connectivity index (χ1n) is 12.4. The lowest BCUT2D eigenvalue weighted by Gasteiger charge is -2.13. The van der Waals surface area contributed by atoms with Gasteiger partial charge in [0, 0.05) is 17.8 Å². The average molecular weight is 698 g/mol. The second kappa shape index (κ2) is 12.7. The van der Waals surface area contributed by atoms with E-state index in [1.807, 2.05) is 0 Å². The second-order valence-corrected chi connectivity index (χ2v) is 12.3. The highest BCUT2D eigenvalue weighted by atomic mass is 35.5. The molecule has 0 atom stereocenters. The minimum Gasteiger partial charge on any atom is -0.493 e. The van der Waals surface area contributed by atoms with Gasteiger partial charge < -0.3 is 21.5 Å². The summed E-state index contributed by atoms with van der Waals surface area (Å²) >= 11 is 6.05. The van der Waals surface area contributed by atoms with E-state index in [-0.39, 0.29) is 28.5 Å². The van der Waals surface area contributed by atoms with E-state index in [2.05, 4.69) is 35.8 Å². The zero-order valence-corrected chi connectivity index (χ0v) is 25.7. The molecule has 0 spiro atoms. The number of aromatic hydroxyl groups is 1. The molecule has 2 aromatic heterocycles. The van der Waals surface area contributed by atoms with Gasteiger partial charge in [0.2, 0.25) is 17.8 Å². The first-order chi connectivity index (χ1) is 21.4. The van der Waals surface area contributed by atoms with E-state index < -0.39 is 82.3 Å². The Morgan fingerprint density at radius 1 is 1.02 bits per heavy atom. The van der Waals surface area contributed by atoms with Crippen molar-refractivity contribution in [3.63, 3.8) is 0 Å². The summed E-state index contributed by atoms with van der Waals surface area (Å²) in [6.07, 6.45) is -1.32. The van der Waals surface area contributed by atoms with Crippen LogP contribution in [0.25, 0.3) is 0 Å². The van der Waals surface area contributed by atoms with Crippen LogP contribution in [0.4, 0.5) is 39.0 Å². The van der Waals surface area contributed by atoms with Crippen LogP contribution >= 0.6 is 11.6 Å². The summed E-state index contributed by atoms with van der Waals surface area (Å²) < 4.78 is 81.2. The lowest BCUT2D eigenvalue weighted by atomic mass is 10.1. The van der Waals surface area contributed by atoms with Crippen molar-refractivity contribution in [1.29, 1.82) is 0 Å². The number of hydrogen-bond donors (Lipinski definition) is 6. The normalized spacial score (nSPS) is 12.0. The van der Waals surface area contributed by atoms with Crippen LogP contribution in [0, 0.1) is 13.0 Å². The predicted molar refractivity (Wildman–Crippen MR) is 159 cm³/mol. The maximum Gasteiger partial charge on any atom is 0.315 e. The Morgan fingerprint density at radius 2 is 1.67 bits per heavy atom. The molecule has 0 fully saturated rings. The molecule has 0 unspecified atom stereocenters. The molecule has 0 aliphatic heterocycles. The molecule has 2 aromatic carbocycles. The Morgan fingerprint density at radius 3 is 2.26 bits per heavy atom. The third kappa shape index (κ3) is 7.24. The molecule has 7 N–H and O–H groups in total. The van der Waals surface area contributed by atoms with Crippen LogP contribution in [0.1, 0.15) is 22.8 Å². The van der Waals surface area contributed by atoms with E-state index in [9.17, 15) is 45.0 Å². The smallest absolute Gasteiger partial charge is 0.315 e. The highest BCUT2D eigenvalue weighted by Gasteiger charge is 2.23. The van der Waals surface area contributed by atoms with Gasteiger partial charge in [0.05, 0.1) is 15.6 Å². The number of pyridine rings is 1. The van der Waals surface area contributed by atoms with Gasteiger partial charge in [0.15, 0.2) is 0 Å². The number of nitrogens with zero attached hydrogens (tertiary/aromatic N) is 6. The Bertz CT molecular complexity index is 2210.